The maximum Gasteiger partial charge on any atom is 0.281 e. The fourth-order valence-corrected chi connectivity index (χ4v) is 2.86. The Morgan fingerprint density at radius 2 is 1.92 bits per heavy atom. The summed E-state index contributed by atoms with van der Waals surface area (Å²) in [6.45, 7) is 2.51. The molecule has 24 heavy (non-hydrogen) atoms. The summed E-state index contributed by atoms with van der Waals surface area (Å²) >= 11 is 11.4. The van der Waals surface area contributed by atoms with Crippen LogP contribution in [0, 0.1) is 0 Å². The molecular formula is C18H15ClN2O2S. The summed E-state index contributed by atoms with van der Waals surface area (Å²) < 4.78 is 5.41. The summed E-state index contributed by atoms with van der Waals surface area (Å²) in [7, 11) is 0. The van der Waals surface area contributed by atoms with Gasteiger partial charge < -0.3 is 10.1 Å². The van der Waals surface area contributed by atoms with Crippen molar-refractivity contribution in [1.82, 2.24) is 5.32 Å². The van der Waals surface area contributed by atoms with E-state index in [2.05, 4.69) is 5.32 Å². The van der Waals surface area contributed by atoms with Gasteiger partial charge in [0, 0.05) is 5.02 Å². The number of carbonyl (C=O) groups excluding carboxylic acids is 1. The van der Waals surface area contributed by atoms with E-state index in [1.54, 1.807) is 24.3 Å². The maximum atomic E-state index is 12.7. The largest absolute Gasteiger partial charge is 0.494 e. The lowest BCUT2D eigenvalue weighted by Crippen LogP contribution is -2.30. The lowest BCUT2D eigenvalue weighted by atomic mass is 10.2. The van der Waals surface area contributed by atoms with Gasteiger partial charge in [0.1, 0.15) is 11.4 Å². The Balaban J connectivity index is 1.88. The van der Waals surface area contributed by atoms with Crippen molar-refractivity contribution < 1.29 is 9.53 Å². The SMILES string of the molecule is CCOc1ccc(N2C(=O)/C(=C\c3ccccc3Cl)NC2=S)cc1. The van der Waals surface area contributed by atoms with E-state index in [0.717, 1.165) is 11.3 Å². The Labute approximate surface area is 150 Å². The molecule has 1 saturated heterocycles. The molecule has 0 atom stereocenters. The minimum absolute atomic E-state index is 0.218. The number of thiocarbonyl (C=S) groups is 1. The Morgan fingerprint density at radius 1 is 1.21 bits per heavy atom. The summed E-state index contributed by atoms with van der Waals surface area (Å²) in [6.07, 6.45) is 1.70. The highest BCUT2D eigenvalue weighted by atomic mass is 35.5. The Hall–Kier alpha value is -2.37. The lowest BCUT2D eigenvalue weighted by molar-refractivity contribution is -0.113. The summed E-state index contributed by atoms with van der Waals surface area (Å²) in [4.78, 5) is 14.1. The number of benzene rings is 2. The zero-order valence-corrected chi connectivity index (χ0v) is 14.5. The van der Waals surface area contributed by atoms with Crippen LogP contribution in [0.3, 0.4) is 0 Å². The first kappa shape index (κ1) is 16.5. The Bertz CT molecular complexity index is 818. The zero-order chi connectivity index (χ0) is 17.1. The minimum Gasteiger partial charge on any atom is -0.494 e. The average molecular weight is 359 g/mol. The van der Waals surface area contributed by atoms with Gasteiger partial charge in [-0.15, -0.1) is 0 Å². The van der Waals surface area contributed by atoms with Crippen LogP contribution in [-0.2, 0) is 4.79 Å². The molecule has 122 valence electrons. The van der Waals surface area contributed by atoms with Gasteiger partial charge in [0.15, 0.2) is 5.11 Å². The minimum atomic E-state index is -0.218. The molecule has 0 radical (unpaired) electrons. The van der Waals surface area contributed by atoms with Crippen molar-refractivity contribution in [2.24, 2.45) is 0 Å². The van der Waals surface area contributed by atoms with Gasteiger partial charge in [-0.25, -0.2) is 0 Å². The molecule has 3 rings (SSSR count). The normalized spacial score (nSPS) is 15.8. The Kier molecular flexibility index (Phi) is 4.83. The van der Waals surface area contributed by atoms with Crippen LogP contribution < -0.4 is 15.0 Å². The molecule has 0 unspecified atom stereocenters. The highest BCUT2D eigenvalue weighted by Crippen LogP contribution is 2.26. The van der Waals surface area contributed by atoms with Gasteiger partial charge in [0.25, 0.3) is 5.91 Å². The van der Waals surface area contributed by atoms with E-state index in [-0.39, 0.29) is 5.91 Å². The van der Waals surface area contributed by atoms with Gasteiger partial charge in [0.2, 0.25) is 0 Å². The van der Waals surface area contributed by atoms with E-state index in [1.165, 1.54) is 4.90 Å². The summed E-state index contributed by atoms with van der Waals surface area (Å²) in [5, 5.41) is 3.86. The monoisotopic (exact) mass is 358 g/mol. The molecule has 0 aliphatic carbocycles. The third-order valence-electron chi connectivity index (χ3n) is 3.49. The number of ether oxygens (including phenoxy) is 1. The number of hydrogen-bond donors (Lipinski definition) is 1. The molecular weight excluding hydrogens is 344 g/mol. The second-order valence-corrected chi connectivity index (χ2v) is 5.87. The summed E-state index contributed by atoms with van der Waals surface area (Å²) in [5.74, 6) is 0.530. The van der Waals surface area contributed by atoms with Gasteiger partial charge in [0.05, 0.1) is 12.3 Å². The second-order valence-electron chi connectivity index (χ2n) is 5.08. The summed E-state index contributed by atoms with van der Waals surface area (Å²) in [6, 6.07) is 14.5. The molecule has 1 N–H and O–H groups in total. The molecule has 4 nitrogen and oxygen atoms in total. The topological polar surface area (TPSA) is 41.6 Å². The fourth-order valence-electron chi connectivity index (χ4n) is 2.38. The van der Waals surface area contributed by atoms with Crippen molar-refractivity contribution in [1.29, 1.82) is 0 Å². The molecule has 6 heteroatoms. The highest BCUT2D eigenvalue weighted by molar-refractivity contribution is 7.80. The summed E-state index contributed by atoms with van der Waals surface area (Å²) in [5.41, 5.74) is 1.83. The van der Waals surface area contributed by atoms with Crippen LogP contribution in [0.4, 0.5) is 5.69 Å². The third-order valence-corrected chi connectivity index (χ3v) is 4.12. The number of hydrogen-bond acceptors (Lipinski definition) is 3. The molecule has 1 aliphatic rings. The number of carbonyl (C=O) groups is 1. The molecule has 0 spiro atoms. The lowest BCUT2D eigenvalue weighted by Gasteiger charge is -2.14. The molecule has 0 saturated carbocycles. The standard InChI is InChI=1S/C18H15ClN2O2S/c1-2-23-14-9-7-13(8-10-14)21-17(22)16(20-18(21)24)11-12-5-3-4-6-15(12)19/h3-11H,2H2,1H3,(H,20,24)/b16-11+. The van der Waals surface area contributed by atoms with Gasteiger partial charge >= 0.3 is 0 Å². The van der Waals surface area contributed by atoms with E-state index in [9.17, 15) is 4.79 Å². The smallest absolute Gasteiger partial charge is 0.281 e. The van der Waals surface area contributed by atoms with Crippen LogP contribution in [0.15, 0.2) is 54.2 Å². The maximum absolute atomic E-state index is 12.7. The van der Waals surface area contributed by atoms with E-state index >= 15 is 0 Å². The fraction of sp³-hybridized carbons (Fsp3) is 0.111. The quantitative estimate of drug-likeness (QED) is 0.662. The molecule has 0 aromatic heterocycles. The van der Waals surface area contributed by atoms with Crippen molar-refractivity contribution in [3.8, 4) is 5.75 Å². The van der Waals surface area contributed by atoms with Gasteiger partial charge in [-0.1, -0.05) is 29.8 Å². The first-order valence-electron chi connectivity index (χ1n) is 7.44. The zero-order valence-electron chi connectivity index (χ0n) is 13.0. The van der Waals surface area contributed by atoms with Crippen LogP contribution in [-0.4, -0.2) is 17.6 Å². The van der Waals surface area contributed by atoms with Crippen molar-refractivity contribution in [2.75, 3.05) is 11.5 Å². The number of halogens is 1. The predicted octanol–water partition coefficient (Wildman–Crippen LogP) is 4.00. The van der Waals surface area contributed by atoms with Crippen molar-refractivity contribution in [3.63, 3.8) is 0 Å². The molecule has 2 aromatic rings. The van der Waals surface area contributed by atoms with E-state index < -0.39 is 0 Å². The van der Waals surface area contributed by atoms with Crippen LogP contribution in [0.1, 0.15) is 12.5 Å². The molecule has 1 fully saturated rings. The number of rotatable bonds is 4. The predicted molar refractivity (Wildman–Crippen MR) is 100 cm³/mol. The van der Waals surface area contributed by atoms with E-state index in [0.29, 0.717) is 28.1 Å². The number of anilines is 1. The molecule has 1 heterocycles. The number of nitrogens with one attached hydrogen (secondary N) is 1. The van der Waals surface area contributed by atoms with Crippen molar-refractivity contribution >= 4 is 46.6 Å². The molecule has 2 aromatic carbocycles. The second kappa shape index (κ2) is 7.03. The first-order valence-corrected chi connectivity index (χ1v) is 8.23. The van der Waals surface area contributed by atoms with Crippen molar-refractivity contribution in [2.45, 2.75) is 6.92 Å². The van der Waals surface area contributed by atoms with Crippen molar-refractivity contribution in [3.05, 3.63) is 64.8 Å². The average Bonchev–Trinajstić information content (AvgIpc) is 2.85. The van der Waals surface area contributed by atoms with Crippen LogP contribution in [0.2, 0.25) is 5.02 Å². The van der Waals surface area contributed by atoms with E-state index in [4.69, 9.17) is 28.6 Å². The molecule has 0 bridgehead atoms. The van der Waals surface area contributed by atoms with Gasteiger partial charge in [-0.2, -0.15) is 0 Å². The van der Waals surface area contributed by atoms with Crippen LogP contribution >= 0.6 is 23.8 Å². The first-order chi connectivity index (χ1) is 11.6. The highest BCUT2D eigenvalue weighted by Gasteiger charge is 2.32. The molecule has 1 aliphatic heterocycles. The van der Waals surface area contributed by atoms with Gasteiger partial charge in [-0.3, -0.25) is 9.69 Å². The number of nitrogens with zero attached hydrogens (tertiary/aromatic N) is 1. The van der Waals surface area contributed by atoms with Gasteiger partial charge in [-0.05, 0) is 61.1 Å². The number of amides is 1. The van der Waals surface area contributed by atoms with Crippen LogP contribution in [0.25, 0.3) is 6.08 Å². The van der Waals surface area contributed by atoms with E-state index in [1.807, 2.05) is 37.3 Å². The Morgan fingerprint density at radius 3 is 2.58 bits per heavy atom. The molecule has 1 amide bonds. The van der Waals surface area contributed by atoms with Crippen LogP contribution in [0.5, 0.6) is 5.75 Å². The third kappa shape index (κ3) is 3.27.